The van der Waals surface area contributed by atoms with Crippen LogP contribution in [0.1, 0.15) is 20.8 Å². The fourth-order valence-electron chi connectivity index (χ4n) is 1.08. The normalized spacial score (nSPS) is 11.1. The van der Waals surface area contributed by atoms with E-state index in [4.69, 9.17) is 33.7 Å². The van der Waals surface area contributed by atoms with Crippen molar-refractivity contribution in [2.45, 2.75) is 26.4 Å². The molecule has 4 nitrogen and oxygen atoms in total. The highest BCUT2D eigenvalue weighted by atomic mass is 35.5. The quantitative estimate of drug-likeness (QED) is 0.764. The molecule has 3 N–H and O–H groups in total. The van der Waals surface area contributed by atoms with Crippen molar-refractivity contribution in [3.8, 4) is 0 Å². The van der Waals surface area contributed by atoms with Gasteiger partial charge in [-0.3, -0.25) is 5.32 Å². The summed E-state index contributed by atoms with van der Waals surface area (Å²) in [6, 6.07) is 2.94. The zero-order valence-corrected chi connectivity index (χ0v) is 11.3. The van der Waals surface area contributed by atoms with Gasteiger partial charge in [0.1, 0.15) is 5.60 Å². The molecule has 1 amide bonds. The number of nitrogens with one attached hydrogen (secondary N) is 1. The lowest BCUT2D eigenvalue weighted by Gasteiger charge is -2.20. The van der Waals surface area contributed by atoms with Gasteiger partial charge in [-0.1, -0.05) is 23.2 Å². The van der Waals surface area contributed by atoms with Crippen LogP contribution in [0.4, 0.5) is 16.2 Å². The average molecular weight is 277 g/mol. The van der Waals surface area contributed by atoms with E-state index in [1.807, 2.05) is 0 Å². The Hall–Kier alpha value is -1.13. The first-order chi connectivity index (χ1) is 7.69. The van der Waals surface area contributed by atoms with Crippen LogP contribution >= 0.6 is 23.2 Å². The van der Waals surface area contributed by atoms with Gasteiger partial charge >= 0.3 is 6.09 Å². The number of benzene rings is 1. The second kappa shape index (κ2) is 5.02. The minimum Gasteiger partial charge on any atom is -0.444 e. The van der Waals surface area contributed by atoms with E-state index in [0.29, 0.717) is 21.4 Å². The molecular formula is C11H14Cl2N2O2. The van der Waals surface area contributed by atoms with E-state index in [0.717, 1.165) is 0 Å². The number of amides is 1. The van der Waals surface area contributed by atoms with Gasteiger partial charge in [0.25, 0.3) is 0 Å². The largest absolute Gasteiger partial charge is 0.444 e. The van der Waals surface area contributed by atoms with Crippen LogP contribution < -0.4 is 11.1 Å². The zero-order chi connectivity index (χ0) is 13.2. The Bertz CT molecular complexity index is 442. The fraction of sp³-hybridized carbons (Fsp3) is 0.364. The number of rotatable bonds is 1. The molecule has 0 spiro atoms. The summed E-state index contributed by atoms with van der Waals surface area (Å²) in [5, 5.41) is 3.15. The van der Waals surface area contributed by atoms with Crippen molar-refractivity contribution in [2.75, 3.05) is 11.1 Å². The molecular weight excluding hydrogens is 263 g/mol. The molecule has 17 heavy (non-hydrogen) atoms. The van der Waals surface area contributed by atoms with Crippen LogP contribution in [0.5, 0.6) is 0 Å². The van der Waals surface area contributed by atoms with Gasteiger partial charge < -0.3 is 10.5 Å². The van der Waals surface area contributed by atoms with E-state index in [1.54, 1.807) is 20.8 Å². The van der Waals surface area contributed by atoms with Crippen molar-refractivity contribution < 1.29 is 9.53 Å². The first kappa shape index (κ1) is 13.9. The smallest absolute Gasteiger partial charge is 0.412 e. The summed E-state index contributed by atoms with van der Waals surface area (Å²) in [7, 11) is 0. The van der Waals surface area contributed by atoms with Gasteiger partial charge in [-0.25, -0.2) is 4.79 Å². The highest BCUT2D eigenvalue weighted by molar-refractivity contribution is 6.42. The van der Waals surface area contributed by atoms with Gasteiger partial charge in [0.2, 0.25) is 0 Å². The topological polar surface area (TPSA) is 64.3 Å². The molecule has 0 saturated carbocycles. The molecule has 1 rings (SSSR count). The maximum Gasteiger partial charge on any atom is 0.412 e. The lowest BCUT2D eigenvalue weighted by molar-refractivity contribution is 0.0636. The van der Waals surface area contributed by atoms with Crippen molar-refractivity contribution in [2.24, 2.45) is 0 Å². The Labute approximate surface area is 110 Å². The minimum atomic E-state index is -0.595. The number of hydrogen-bond acceptors (Lipinski definition) is 3. The Morgan fingerprint density at radius 1 is 1.29 bits per heavy atom. The first-order valence-corrected chi connectivity index (χ1v) is 5.69. The van der Waals surface area contributed by atoms with E-state index in [-0.39, 0.29) is 0 Å². The number of nitrogen functional groups attached to an aromatic ring is 1. The Morgan fingerprint density at radius 2 is 1.82 bits per heavy atom. The van der Waals surface area contributed by atoms with Gasteiger partial charge in [-0.2, -0.15) is 0 Å². The van der Waals surface area contributed by atoms with Crippen molar-refractivity contribution in [1.29, 1.82) is 0 Å². The maximum absolute atomic E-state index is 11.5. The third-order valence-corrected chi connectivity index (χ3v) is 2.45. The highest BCUT2D eigenvalue weighted by Crippen LogP contribution is 2.30. The molecule has 0 aliphatic rings. The molecule has 1 aromatic carbocycles. The first-order valence-electron chi connectivity index (χ1n) is 4.93. The van der Waals surface area contributed by atoms with E-state index >= 15 is 0 Å². The molecule has 0 saturated heterocycles. The van der Waals surface area contributed by atoms with Crippen LogP contribution in [-0.2, 0) is 4.74 Å². The van der Waals surface area contributed by atoms with Gasteiger partial charge in [-0.15, -0.1) is 0 Å². The monoisotopic (exact) mass is 276 g/mol. The predicted molar refractivity (Wildman–Crippen MR) is 70.7 cm³/mol. The number of carbonyl (C=O) groups is 1. The van der Waals surface area contributed by atoms with Crippen LogP contribution in [0.15, 0.2) is 12.1 Å². The molecule has 0 aliphatic carbocycles. The standard InChI is InChI=1S/C11H14Cl2N2O2/c1-11(2,3)17-10(16)15-9-5-7(13)6(12)4-8(9)14/h4-5H,14H2,1-3H3,(H,15,16). The van der Waals surface area contributed by atoms with E-state index in [9.17, 15) is 4.79 Å². The molecule has 6 heteroatoms. The molecule has 94 valence electrons. The minimum absolute atomic E-state index is 0.312. The van der Waals surface area contributed by atoms with Crippen LogP contribution in [0.3, 0.4) is 0 Å². The summed E-state index contributed by atoms with van der Waals surface area (Å²) >= 11 is 11.6. The molecule has 0 aromatic heterocycles. The Morgan fingerprint density at radius 3 is 2.35 bits per heavy atom. The Kier molecular flexibility index (Phi) is 4.11. The number of halogens is 2. The number of ether oxygens (including phenoxy) is 1. The lowest BCUT2D eigenvalue weighted by atomic mass is 10.2. The second-order valence-electron chi connectivity index (χ2n) is 4.48. The molecule has 0 aliphatic heterocycles. The summed E-state index contributed by atoms with van der Waals surface area (Å²) < 4.78 is 5.09. The lowest BCUT2D eigenvalue weighted by Crippen LogP contribution is -2.27. The van der Waals surface area contributed by atoms with Gasteiger partial charge in [-0.05, 0) is 32.9 Å². The number of anilines is 2. The van der Waals surface area contributed by atoms with Gasteiger partial charge in [0.15, 0.2) is 0 Å². The summed E-state index contributed by atoms with van der Waals surface area (Å²) in [6.07, 6.45) is -0.595. The molecule has 0 atom stereocenters. The average Bonchev–Trinajstić information content (AvgIpc) is 2.11. The van der Waals surface area contributed by atoms with Crippen LogP contribution in [0.25, 0.3) is 0 Å². The van der Waals surface area contributed by atoms with E-state index < -0.39 is 11.7 Å². The molecule has 0 radical (unpaired) electrons. The third-order valence-electron chi connectivity index (χ3n) is 1.73. The molecule has 1 aromatic rings. The number of hydrogen-bond donors (Lipinski definition) is 2. The second-order valence-corrected chi connectivity index (χ2v) is 5.29. The molecule has 0 heterocycles. The highest BCUT2D eigenvalue weighted by Gasteiger charge is 2.17. The fourth-order valence-corrected chi connectivity index (χ4v) is 1.42. The van der Waals surface area contributed by atoms with Crippen LogP contribution in [0, 0.1) is 0 Å². The van der Waals surface area contributed by atoms with Gasteiger partial charge in [0, 0.05) is 0 Å². The van der Waals surface area contributed by atoms with Crippen molar-refractivity contribution in [1.82, 2.24) is 0 Å². The maximum atomic E-state index is 11.5. The van der Waals surface area contributed by atoms with Crippen molar-refractivity contribution in [3.63, 3.8) is 0 Å². The number of carbonyl (C=O) groups excluding carboxylic acids is 1. The zero-order valence-electron chi connectivity index (χ0n) is 9.80. The van der Waals surface area contributed by atoms with Gasteiger partial charge in [0.05, 0.1) is 21.4 Å². The summed E-state index contributed by atoms with van der Waals surface area (Å²) in [5.74, 6) is 0. The van der Waals surface area contributed by atoms with Crippen molar-refractivity contribution >= 4 is 40.7 Å². The third kappa shape index (κ3) is 4.32. The summed E-state index contributed by atoms with van der Waals surface area (Å²) in [4.78, 5) is 11.5. The number of nitrogens with two attached hydrogens (primary N) is 1. The Balaban J connectivity index is 2.82. The summed E-state index contributed by atoms with van der Waals surface area (Å²) in [6.45, 7) is 5.31. The van der Waals surface area contributed by atoms with E-state index in [1.165, 1.54) is 12.1 Å². The molecule has 0 fully saturated rings. The van der Waals surface area contributed by atoms with Crippen LogP contribution in [-0.4, -0.2) is 11.7 Å². The summed E-state index contributed by atoms with van der Waals surface area (Å²) in [5.41, 5.74) is 5.81. The van der Waals surface area contributed by atoms with E-state index in [2.05, 4.69) is 5.32 Å². The predicted octanol–water partition coefficient (Wildman–Crippen LogP) is 3.92. The SMILES string of the molecule is CC(C)(C)OC(=O)Nc1cc(Cl)c(Cl)cc1N. The van der Waals surface area contributed by atoms with Crippen LogP contribution in [0.2, 0.25) is 10.0 Å². The molecule has 0 bridgehead atoms. The van der Waals surface area contributed by atoms with Crippen molar-refractivity contribution in [3.05, 3.63) is 22.2 Å². The molecule has 0 unspecified atom stereocenters.